The van der Waals surface area contributed by atoms with Gasteiger partial charge in [-0.15, -0.1) is 0 Å². The summed E-state index contributed by atoms with van der Waals surface area (Å²) in [6.45, 7) is 0.949. The van der Waals surface area contributed by atoms with E-state index in [-0.39, 0.29) is 30.3 Å². The smallest absolute Gasteiger partial charge is 0.305 e. The van der Waals surface area contributed by atoms with Crippen molar-refractivity contribution in [3.63, 3.8) is 0 Å². The van der Waals surface area contributed by atoms with Crippen LogP contribution in [0.15, 0.2) is 47.3 Å². The SMILES string of the molecule is COc1ccc(CCNC(=O)C2(S(=O)(=O)CCNCCc3ccccc3)CO2)c2sc(=O)[nH]c12. The third kappa shape index (κ3) is 5.17. The number of hydrogen-bond acceptors (Lipinski definition) is 8. The molecule has 2 heterocycles. The van der Waals surface area contributed by atoms with Crippen LogP contribution in [0.3, 0.4) is 0 Å². The number of aromatic nitrogens is 1. The Labute approximate surface area is 201 Å². The largest absolute Gasteiger partial charge is 0.495 e. The molecule has 1 unspecified atom stereocenters. The van der Waals surface area contributed by atoms with Crippen LogP contribution in [-0.2, 0) is 32.2 Å². The molecule has 34 heavy (non-hydrogen) atoms. The number of amides is 1. The molecule has 3 aromatic rings. The van der Waals surface area contributed by atoms with E-state index in [1.807, 2.05) is 36.4 Å². The fraction of sp³-hybridized carbons (Fsp3) is 0.391. The molecular weight excluding hydrogens is 478 g/mol. The number of thiazole rings is 1. The van der Waals surface area contributed by atoms with Crippen molar-refractivity contribution in [3.8, 4) is 5.75 Å². The predicted octanol–water partition coefficient (Wildman–Crippen LogP) is 1.23. The molecule has 1 aliphatic rings. The number of methoxy groups -OCH3 is 1. The molecule has 1 amide bonds. The molecule has 1 atom stereocenters. The number of H-pyrrole nitrogens is 1. The lowest BCUT2D eigenvalue weighted by atomic mass is 10.1. The molecule has 182 valence electrons. The van der Waals surface area contributed by atoms with Crippen molar-refractivity contribution in [2.45, 2.75) is 17.8 Å². The summed E-state index contributed by atoms with van der Waals surface area (Å²) in [7, 11) is -2.26. The molecule has 3 N–H and O–H groups in total. The third-order valence-electron chi connectivity index (χ3n) is 5.76. The number of nitrogens with one attached hydrogen (secondary N) is 3. The van der Waals surface area contributed by atoms with Gasteiger partial charge in [0, 0.05) is 13.1 Å². The fourth-order valence-electron chi connectivity index (χ4n) is 3.77. The molecule has 1 fully saturated rings. The number of benzene rings is 2. The van der Waals surface area contributed by atoms with E-state index >= 15 is 0 Å². The monoisotopic (exact) mass is 505 g/mol. The molecule has 9 nitrogen and oxygen atoms in total. The zero-order valence-corrected chi connectivity index (χ0v) is 20.4. The Morgan fingerprint density at radius 3 is 2.62 bits per heavy atom. The number of epoxide rings is 1. The van der Waals surface area contributed by atoms with Crippen LogP contribution in [0.1, 0.15) is 11.1 Å². The molecular formula is C23H27N3O6S2. The van der Waals surface area contributed by atoms with Gasteiger partial charge in [-0.05, 0) is 36.6 Å². The summed E-state index contributed by atoms with van der Waals surface area (Å²) >= 11 is 1.07. The molecule has 11 heteroatoms. The van der Waals surface area contributed by atoms with Gasteiger partial charge in [0.05, 0.1) is 17.6 Å². The molecule has 1 aliphatic heterocycles. The first-order valence-electron chi connectivity index (χ1n) is 10.9. The van der Waals surface area contributed by atoms with Crippen molar-refractivity contribution in [2.24, 2.45) is 0 Å². The second-order valence-corrected chi connectivity index (χ2v) is 11.3. The molecule has 4 rings (SSSR count). The number of ether oxygens (including phenoxy) is 2. The Hall–Kier alpha value is -2.73. The van der Waals surface area contributed by atoms with E-state index in [1.54, 1.807) is 6.07 Å². The highest BCUT2D eigenvalue weighted by Crippen LogP contribution is 2.34. The second kappa shape index (κ2) is 10.3. The van der Waals surface area contributed by atoms with E-state index in [4.69, 9.17) is 9.47 Å². The lowest BCUT2D eigenvalue weighted by Crippen LogP contribution is -2.46. The maximum Gasteiger partial charge on any atom is 0.305 e. The minimum Gasteiger partial charge on any atom is -0.495 e. The quantitative estimate of drug-likeness (QED) is 0.249. The Bertz CT molecular complexity index is 1310. The summed E-state index contributed by atoms with van der Waals surface area (Å²) in [6.07, 6.45) is 1.22. The van der Waals surface area contributed by atoms with Gasteiger partial charge in [-0.3, -0.25) is 9.59 Å². The van der Waals surface area contributed by atoms with Crippen molar-refractivity contribution in [1.29, 1.82) is 0 Å². The highest BCUT2D eigenvalue weighted by atomic mass is 32.2. The number of carbonyl (C=O) groups excluding carboxylic acids is 1. The van der Waals surface area contributed by atoms with E-state index in [9.17, 15) is 18.0 Å². The number of carbonyl (C=O) groups is 1. The molecule has 0 bridgehead atoms. The summed E-state index contributed by atoms with van der Waals surface area (Å²) in [6, 6.07) is 13.5. The molecule has 1 aromatic heterocycles. The van der Waals surface area contributed by atoms with Gasteiger partial charge < -0.3 is 25.1 Å². The summed E-state index contributed by atoms with van der Waals surface area (Å²) in [4.78, 5) is 25.2. The number of sulfone groups is 1. The number of fused-ring (bicyclic) bond motifs is 1. The summed E-state index contributed by atoms with van der Waals surface area (Å²) < 4.78 is 36.8. The van der Waals surface area contributed by atoms with Gasteiger partial charge in [0.15, 0.2) is 9.84 Å². The first-order valence-corrected chi connectivity index (χ1v) is 13.4. The van der Waals surface area contributed by atoms with Gasteiger partial charge in [-0.25, -0.2) is 8.42 Å². The number of aromatic amines is 1. The highest BCUT2D eigenvalue weighted by molar-refractivity contribution is 7.93. The molecule has 1 saturated heterocycles. The van der Waals surface area contributed by atoms with E-state index in [0.717, 1.165) is 28.0 Å². The topological polar surface area (TPSA) is 130 Å². The first kappa shape index (κ1) is 24.4. The van der Waals surface area contributed by atoms with Crippen molar-refractivity contribution < 1.29 is 22.7 Å². The number of hydrogen-bond donors (Lipinski definition) is 3. The maximum absolute atomic E-state index is 12.8. The highest BCUT2D eigenvalue weighted by Gasteiger charge is 2.62. The average molecular weight is 506 g/mol. The normalized spacial score (nSPS) is 17.6. The Morgan fingerprint density at radius 2 is 1.91 bits per heavy atom. The van der Waals surface area contributed by atoms with Crippen LogP contribution in [0.25, 0.3) is 10.2 Å². The van der Waals surface area contributed by atoms with Gasteiger partial charge in [0.25, 0.3) is 10.8 Å². The molecule has 0 aliphatic carbocycles. The van der Waals surface area contributed by atoms with Crippen molar-refractivity contribution in [2.75, 3.05) is 39.1 Å². The zero-order valence-electron chi connectivity index (χ0n) is 18.8. The van der Waals surface area contributed by atoms with Crippen LogP contribution in [0.5, 0.6) is 5.75 Å². The van der Waals surface area contributed by atoms with Crippen molar-refractivity contribution in [1.82, 2.24) is 15.6 Å². The van der Waals surface area contributed by atoms with Gasteiger partial charge >= 0.3 is 4.87 Å². The van der Waals surface area contributed by atoms with E-state index in [0.29, 0.717) is 24.2 Å². The van der Waals surface area contributed by atoms with Crippen LogP contribution < -0.4 is 20.2 Å². The molecule has 0 spiro atoms. The third-order valence-corrected chi connectivity index (χ3v) is 8.88. The van der Waals surface area contributed by atoms with Crippen LogP contribution in [0.4, 0.5) is 0 Å². The predicted molar refractivity (Wildman–Crippen MR) is 131 cm³/mol. The van der Waals surface area contributed by atoms with Gasteiger partial charge in [0.1, 0.15) is 17.9 Å². The van der Waals surface area contributed by atoms with E-state index in [1.165, 1.54) is 12.7 Å². The van der Waals surface area contributed by atoms with Crippen molar-refractivity contribution >= 4 is 37.3 Å². The van der Waals surface area contributed by atoms with Crippen molar-refractivity contribution in [3.05, 3.63) is 63.3 Å². The van der Waals surface area contributed by atoms with Crippen LogP contribution in [0.2, 0.25) is 0 Å². The molecule has 2 aromatic carbocycles. The summed E-state index contributed by atoms with van der Waals surface area (Å²) in [5, 5.41) is 5.80. The lowest BCUT2D eigenvalue weighted by Gasteiger charge is -2.14. The van der Waals surface area contributed by atoms with Gasteiger partial charge in [0.2, 0.25) is 0 Å². The minimum absolute atomic E-state index is 0.141. The first-order chi connectivity index (χ1) is 16.4. The molecule has 0 radical (unpaired) electrons. The van der Waals surface area contributed by atoms with E-state index < -0.39 is 20.7 Å². The minimum atomic E-state index is -3.79. The van der Waals surface area contributed by atoms with E-state index in [2.05, 4.69) is 15.6 Å². The lowest BCUT2D eigenvalue weighted by molar-refractivity contribution is -0.123. The standard InChI is InChI=1S/C23H27N3O6S2/c1-31-18-8-7-17(20-19(18)26-22(28)33-20)10-12-25-21(27)23(15-32-23)34(29,30)14-13-24-11-9-16-5-3-2-4-6-16/h2-8,24H,9-15H2,1H3,(H,25,27)(H,26,28). The van der Waals surface area contributed by atoms with Crippen LogP contribution >= 0.6 is 11.3 Å². The Kier molecular flexibility index (Phi) is 7.36. The van der Waals surface area contributed by atoms with Gasteiger partial charge in [-0.2, -0.15) is 0 Å². The Balaban J connectivity index is 1.28. The van der Waals surface area contributed by atoms with Gasteiger partial charge in [-0.1, -0.05) is 47.7 Å². The Morgan fingerprint density at radius 1 is 1.15 bits per heavy atom. The second-order valence-electron chi connectivity index (χ2n) is 8.00. The fourth-order valence-corrected chi connectivity index (χ4v) is 6.18. The zero-order chi connectivity index (χ0) is 24.2. The molecule has 0 saturated carbocycles. The summed E-state index contributed by atoms with van der Waals surface area (Å²) in [5.74, 6) is -0.273. The van der Waals surface area contributed by atoms with Crippen LogP contribution in [-0.4, -0.2) is 63.3 Å². The van der Waals surface area contributed by atoms with Crippen LogP contribution in [0, 0.1) is 0 Å². The maximum atomic E-state index is 12.8. The summed E-state index contributed by atoms with van der Waals surface area (Å²) in [5.41, 5.74) is 2.64. The number of rotatable bonds is 12. The average Bonchev–Trinajstić information content (AvgIpc) is 3.56.